The van der Waals surface area contributed by atoms with Gasteiger partial charge in [-0.15, -0.1) is 0 Å². The molecule has 0 saturated carbocycles. The average molecular weight is 87.1 g/mol. The molecule has 1 nitrogen and oxygen atoms in total. The van der Waals surface area contributed by atoms with Gasteiger partial charge in [0.15, 0.2) is 0 Å². The SMILES string of the molecule is [O]C1(F)C=CC1. The van der Waals surface area contributed by atoms with Crippen molar-refractivity contribution in [2.45, 2.75) is 12.3 Å². The van der Waals surface area contributed by atoms with Crippen LogP contribution < -0.4 is 0 Å². The molecule has 33 valence electrons. The molecule has 1 unspecified atom stereocenters. The molecule has 1 radical (unpaired) electrons. The Morgan fingerprint density at radius 1 is 1.83 bits per heavy atom. The van der Waals surface area contributed by atoms with Crippen LogP contribution in [0.4, 0.5) is 4.39 Å². The second-order valence-electron chi connectivity index (χ2n) is 1.39. The van der Waals surface area contributed by atoms with Crippen LogP contribution in [-0.4, -0.2) is 5.85 Å². The Morgan fingerprint density at radius 2 is 2.17 bits per heavy atom. The molecule has 0 aromatic rings. The van der Waals surface area contributed by atoms with Crippen molar-refractivity contribution in [2.75, 3.05) is 0 Å². The van der Waals surface area contributed by atoms with Crippen LogP contribution in [0, 0.1) is 0 Å². The van der Waals surface area contributed by atoms with Gasteiger partial charge in [0.05, 0.1) is 0 Å². The zero-order valence-corrected chi connectivity index (χ0v) is 3.15. The van der Waals surface area contributed by atoms with Crippen LogP contribution in [0.15, 0.2) is 12.2 Å². The smallest absolute Gasteiger partial charge is 0.204 e. The van der Waals surface area contributed by atoms with Gasteiger partial charge in [0, 0.05) is 6.42 Å². The van der Waals surface area contributed by atoms with Gasteiger partial charge in [-0.2, -0.15) is 5.11 Å². The van der Waals surface area contributed by atoms with Crippen molar-refractivity contribution in [3.8, 4) is 0 Å². The first-order valence-corrected chi connectivity index (χ1v) is 1.78. The van der Waals surface area contributed by atoms with Gasteiger partial charge in [-0.3, -0.25) is 0 Å². The highest BCUT2D eigenvalue weighted by molar-refractivity contribution is 5.08. The van der Waals surface area contributed by atoms with Gasteiger partial charge in [-0.1, -0.05) is 6.08 Å². The molecule has 6 heavy (non-hydrogen) atoms. The molecule has 0 aliphatic heterocycles. The summed E-state index contributed by atoms with van der Waals surface area (Å²) < 4.78 is 11.6. The van der Waals surface area contributed by atoms with Crippen molar-refractivity contribution in [1.82, 2.24) is 0 Å². The van der Waals surface area contributed by atoms with Gasteiger partial charge in [0.25, 0.3) is 5.85 Å². The van der Waals surface area contributed by atoms with Crippen molar-refractivity contribution >= 4 is 0 Å². The highest BCUT2D eigenvalue weighted by Gasteiger charge is 2.28. The van der Waals surface area contributed by atoms with E-state index < -0.39 is 5.85 Å². The van der Waals surface area contributed by atoms with Crippen LogP contribution in [0.1, 0.15) is 6.42 Å². The fourth-order valence-corrected chi connectivity index (χ4v) is 0.303. The third-order valence-electron chi connectivity index (χ3n) is 0.763. The maximum absolute atomic E-state index is 11.6. The van der Waals surface area contributed by atoms with E-state index in [2.05, 4.69) is 0 Å². The molecule has 1 atom stereocenters. The summed E-state index contributed by atoms with van der Waals surface area (Å²) in [6, 6.07) is 0. The molecule has 0 aromatic carbocycles. The van der Waals surface area contributed by atoms with E-state index in [1.807, 2.05) is 0 Å². The van der Waals surface area contributed by atoms with Crippen molar-refractivity contribution in [2.24, 2.45) is 0 Å². The van der Waals surface area contributed by atoms with Crippen molar-refractivity contribution < 1.29 is 9.50 Å². The van der Waals surface area contributed by atoms with Crippen LogP contribution in [0.3, 0.4) is 0 Å². The van der Waals surface area contributed by atoms with Gasteiger partial charge in [-0.05, 0) is 6.08 Å². The van der Waals surface area contributed by atoms with E-state index >= 15 is 0 Å². The van der Waals surface area contributed by atoms with Crippen LogP contribution in [0.2, 0.25) is 0 Å². The molecule has 2 heteroatoms. The number of hydrogen-bond donors (Lipinski definition) is 0. The first kappa shape index (κ1) is 3.81. The topological polar surface area (TPSA) is 19.9 Å². The lowest BCUT2D eigenvalue weighted by Gasteiger charge is -2.15. The van der Waals surface area contributed by atoms with E-state index in [4.69, 9.17) is 0 Å². The summed E-state index contributed by atoms with van der Waals surface area (Å²) in [6.45, 7) is 0. The van der Waals surface area contributed by atoms with Crippen LogP contribution in [0.25, 0.3) is 0 Å². The quantitative estimate of drug-likeness (QED) is 0.393. The first-order valence-electron chi connectivity index (χ1n) is 1.78. The van der Waals surface area contributed by atoms with Crippen LogP contribution in [-0.2, 0) is 5.11 Å². The maximum Gasteiger partial charge on any atom is 0.262 e. The monoisotopic (exact) mass is 87.0 g/mol. The Morgan fingerprint density at radius 3 is 2.17 bits per heavy atom. The maximum atomic E-state index is 11.6. The van der Waals surface area contributed by atoms with Gasteiger partial charge < -0.3 is 0 Å². The molecule has 1 aliphatic carbocycles. The second kappa shape index (κ2) is 0.819. The summed E-state index contributed by atoms with van der Waals surface area (Å²) in [6.07, 6.45) is 2.59. The van der Waals surface area contributed by atoms with Crippen LogP contribution in [0.5, 0.6) is 0 Å². The Balaban J connectivity index is 2.57. The highest BCUT2D eigenvalue weighted by atomic mass is 19.2. The minimum absolute atomic E-state index is 0.0486. The zero-order chi connectivity index (χ0) is 4.62. The predicted octanol–water partition coefficient (Wildman–Crippen LogP) is 1.04. The van der Waals surface area contributed by atoms with E-state index in [1.54, 1.807) is 0 Å². The molecule has 0 N–H and O–H groups in total. The van der Waals surface area contributed by atoms with Gasteiger partial charge in [-0.25, -0.2) is 4.39 Å². The summed E-state index contributed by atoms with van der Waals surface area (Å²) in [5, 5.41) is 9.81. The van der Waals surface area contributed by atoms with Gasteiger partial charge in [0.1, 0.15) is 0 Å². The molecular formula is C4H4FO. The van der Waals surface area contributed by atoms with Crippen molar-refractivity contribution in [3.05, 3.63) is 12.2 Å². The average Bonchev–Trinajstić information content (AvgIpc) is 1.32. The summed E-state index contributed by atoms with van der Waals surface area (Å²) in [7, 11) is 0. The van der Waals surface area contributed by atoms with Crippen molar-refractivity contribution in [1.29, 1.82) is 0 Å². The normalized spacial score (nSPS) is 42.3. The minimum Gasteiger partial charge on any atom is -0.204 e. The molecule has 1 aliphatic rings. The third kappa shape index (κ3) is 0.431. The summed E-state index contributed by atoms with van der Waals surface area (Å²) in [5.74, 6) is -2.21. The lowest BCUT2D eigenvalue weighted by molar-refractivity contribution is -0.109. The fourth-order valence-electron chi connectivity index (χ4n) is 0.303. The van der Waals surface area contributed by atoms with E-state index in [0.717, 1.165) is 6.08 Å². The Hall–Kier alpha value is -0.370. The van der Waals surface area contributed by atoms with Crippen molar-refractivity contribution in [3.63, 3.8) is 0 Å². The van der Waals surface area contributed by atoms with Gasteiger partial charge >= 0.3 is 0 Å². The highest BCUT2D eigenvalue weighted by Crippen LogP contribution is 2.23. The molecule has 0 bridgehead atoms. The molecule has 0 aromatic heterocycles. The molecule has 1 rings (SSSR count). The summed E-state index contributed by atoms with van der Waals surface area (Å²) in [4.78, 5) is 0. The van der Waals surface area contributed by atoms with Gasteiger partial charge in [0.2, 0.25) is 0 Å². The molecular weight excluding hydrogens is 83.0 g/mol. The number of rotatable bonds is 0. The van der Waals surface area contributed by atoms with Crippen LogP contribution >= 0.6 is 0 Å². The lowest BCUT2D eigenvalue weighted by Crippen LogP contribution is -2.21. The minimum atomic E-state index is -2.21. The van der Waals surface area contributed by atoms with E-state index in [-0.39, 0.29) is 6.42 Å². The largest absolute Gasteiger partial charge is 0.262 e. The second-order valence-corrected chi connectivity index (χ2v) is 1.39. The molecule has 0 amide bonds. The Kier molecular flexibility index (Phi) is 0.520. The summed E-state index contributed by atoms with van der Waals surface area (Å²) >= 11 is 0. The first-order chi connectivity index (χ1) is 2.71. The molecule has 0 heterocycles. The van der Waals surface area contributed by atoms with E-state index in [0.29, 0.717) is 0 Å². The standard InChI is InChI=1S/C4H4FO/c5-4(6)2-1-3-4/h1-2H,3H2. The fraction of sp³-hybridized carbons (Fsp3) is 0.500. The number of alkyl halides is 1. The summed E-state index contributed by atoms with van der Waals surface area (Å²) in [5.41, 5.74) is 0. The Bertz CT molecular complexity index is 85.5. The Labute approximate surface area is 35.1 Å². The zero-order valence-electron chi connectivity index (χ0n) is 3.15. The molecule has 0 spiro atoms. The number of halogens is 1. The third-order valence-corrected chi connectivity index (χ3v) is 0.763. The van der Waals surface area contributed by atoms with E-state index in [1.165, 1.54) is 6.08 Å². The predicted molar refractivity (Wildman–Crippen MR) is 18.3 cm³/mol. The lowest BCUT2D eigenvalue weighted by atomic mass is 10.1. The molecule has 0 saturated heterocycles. The van der Waals surface area contributed by atoms with E-state index in [9.17, 15) is 9.50 Å². The number of hydrogen-bond acceptors (Lipinski definition) is 0. The molecule has 0 fully saturated rings.